The lowest BCUT2D eigenvalue weighted by Gasteiger charge is -2.16. The highest BCUT2D eigenvalue weighted by Gasteiger charge is 2.42. The Morgan fingerprint density at radius 2 is 2.19 bits per heavy atom. The molecule has 7 nitrogen and oxygen atoms in total. The van der Waals surface area contributed by atoms with Crippen molar-refractivity contribution in [1.29, 1.82) is 0 Å². The Bertz CT molecular complexity index is 432. The zero-order valence-electron chi connectivity index (χ0n) is 11.9. The first-order valence-corrected chi connectivity index (χ1v) is 8.23. The lowest BCUT2D eigenvalue weighted by atomic mass is 10.0. The molecule has 4 atom stereocenters. The largest absolute Gasteiger partial charge is 0.480 e. The first-order valence-electron chi connectivity index (χ1n) is 7.18. The number of carbonyl (C=O) groups is 3. The van der Waals surface area contributed by atoms with E-state index in [4.69, 9.17) is 5.11 Å². The van der Waals surface area contributed by atoms with E-state index in [2.05, 4.69) is 16.0 Å². The molecule has 0 aromatic carbocycles. The van der Waals surface area contributed by atoms with Crippen molar-refractivity contribution in [2.75, 3.05) is 5.75 Å². The molecule has 0 aromatic rings. The van der Waals surface area contributed by atoms with Gasteiger partial charge in [-0.1, -0.05) is 6.42 Å². The number of amides is 3. The smallest absolute Gasteiger partial charge is 0.325 e. The summed E-state index contributed by atoms with van der Waals surface area (Å²) in [6, 6.07) is -0.503. The van der Waals surface area contributed by atoms with Crippen molar-refractivity contribution in [2.24, 2.45) is 0 Å². The van der Waals surface area contributed by atoms with Crippen LogP contribution in [0, 0.1) is 0 Å². The van der Waals surface area contributed by atoms with E-state index in [1.54, 1.807) is 0 Å². The van der Waals surface area contributed by atoms with E-state index < -0.39 is 12.0 Å². The van der Waals surface area contributed by atoms with Gasteiger partial charge in [0.25, 0.3) is 0 Å². The standard InChI is InChI=1S/C13H21N3O4S/c1-7(12(18)19)14-10(17)5-3-2-4-9-11-8(6-21-9)15-13(20)16-11/h7-9,11H,2-6H2,1H3,(H,14,17)(H,18,19)(H2,15,16,20)/t7-,8-,9-,11-/m0/s1. The maximum atomic E-state index is 11.5. The number of nitrogens with one attached hydrogen (secondary N) is 3. The van der Waals surface area contributed by atoms with Crippen molar-refractivity contribution in [3.63, 3.8) is 0 Å². The Morgan fingerprint density at radius 1 is 1.43 bits per heavy atom. The van der Waals surface area contributed by atoms with E-state index in [0.29, 0.717) is 11.7 Å². The van der Waals surface area contributed by atoms with Crippen molar-refractivity contribution in [2.45, 2.75) is 56.0 Å². The Kier molecular flexibility index (Phi) is 5.33. The minimum atomic E-state index is -1.03. The third-order valence-corrected chi connectivity index (χ3v) is 5.34. The van der Waals surface area contributed by atoms with Crippen LogP contribution < -0.4 is 16.0 Å². The third-order valence-electron chi connectivity index (χ3n) is 3.83. The zero-order chi connectivity index (χ0) is 15.4. The summed E-state index contributed by atoms with van der Waals surface area (Å²) in [5.74, 6) is -0.316. The fourth-order valence-electron chi connectivity index (χ4n) is 2.65. The van der Waals surface area contributed by atoms with Gasteiger partial charge in [0.15, 0.2) is 0 Å². The number of fused-ring (bicyclic) bond motifs is 1. The highest BCUT2D eigenvalue weighted by Crippen LogP contribution is 2.33. The van der Waals surface area contributed by atoms with Crippen LogP contribution in [-0.4, -0.2) is 52.1 Å². The monoisotopic (exact) mass is 315 g/mol. The van der Waals surface area contributed by atoms with Crippen LogP contribution in [-0.2, 0) is 9.59 Å². The van der Waals surface area contributed by atoms with Gasteiger partial charge >= 0.3 is 12.0 Å². The van der Waals surface area contributed by atoms with Crippen molar-refractivity contribution in [1.82, 2.24) is 16.0 Å². The van der Waals surface area contributed by atoms with Crippen LogP contribution in [0.1, 0.15) is 32.6 Å². The number of carboxylic acids is 1. The van der Waals surface area contributed by atoms with Gasteiger partial charge in [0.2, 0.25) is 5.91 Å². The van der Waals surface area contributed by atoms with E-state index >= 15 is 0 Å². The quantitative estimate of drug-likeness (QED) is 0.399. The van der Waals surface area contributed by atoms with E-state index in [0.717, 1.165) is 25.0 Å². The minimum Gasteiger partial charge on any atom is -0.480 e. The van der Waals surface area contributed by atoms with Crippen LogP contribution in [0.4, 0.5) is 4.79 Å². The van der Waals surface area contributed by atoms with E-state index in [1.807, 2.05) is 11.8 Å². The van der Waals surface area contributed by atoms with Gasteiger partial charge < -0.3 is 21.1 Å². The fraction of sp³-hybridized carbons (Fsp3) is 0.769. The summed E-state index contributed by atoms with van der Waals surface area (Å²) in [4.78, 5) is 33.4. The number of carbonyl (C=O) groups excluding carboxylic acids is 2. The fourth-order valence-corrected chi connectivity index (χ4v) is 4.19. The van der Waals surface area contributed by atoms with Gasteiger partial charge in [0, 0.05) is 17.4 Å². The number of hydrogen-bond donors (Lipinski definition) is 4. The summed E-state index contributed by atoms with van der Waals surface area (Å²) in [7, 11) is 0. The van der Waals surface area contributed by atoms with Gasteiger partial charge in [-0.05, 0) is 19.8 Å². The Hall–Kier alpha value is -1.44. The van der Waals surface area contributed by atoms with Crippen molar-refractivity contribution in [3.8, 4) is 0 Å². The maximum absolute atomic E-state index is 11.5. The Balaban J connectivity index is 1.61. The zero-order valence-corrected chi connectivity index (χ0v) is 12.7. The molecular weight excluding hydrogens is 294 g/mol. The average molecular weight is 315 g/mol. The average Bonchev–Trinajstić information content (AvgIpc) is 2.94. The second kappa shape index (κ2) is 7.02. The molecule has 2 heterocycles. The molecule has 2 saturated heterocycles. The lowest BCUT2D eigenvalue weighted by molar-refractivity contribution is -0.141. The van der Waals surface area contributed by atoms with E-state index in [-0.39, 0.29) is 24.0 Å². The van der Waals surface area contributed by atoms with Gasteiger partial charge in [-0.25, -0.2) is 4.79 Å². The summed E-state index contributed by atoms with van der Waals surface area (Å²) in [5.41, 5.74) is 0. The van der Waals surface area contributed by atoms with Crippen LogP contribution in [0.2, 0.25) is 0 Å². The van der Waals surface area contributed by atoms with Crippen LogP contribution in [0.25, 0.3) is 0 Å². The molecule has 0 saturated carbocycles. The molecule has 0 radical (unpaired) electrons. The lowest BCUT2D eigenvalue weighted by Crippen LogP contribution is -2.38. The molecule has 0 spiro atoms. The third kappa shape index (κ3) is 4.26. The molecule has 3 amide bonds. The predicted molar refractivity (Wildman–Crippen MR) is 79.2 cm³/mol. The molecule has 0 unspecified atom stereocenters. The van der Waals surface area contributed by atoms with Gasteiger partial charge in [0.1, 0.15) is 6.04 Å². The summed E-state index contributed by atoms with van der Waals surface area (Å²) < 4.78 is 0. The summed E-state index contributed by atoms with van der Waals surface area (Å²) in [5, 5.41) is 17.4. The highest BCUT2D eigenvalue weighted by molar-refractivity contribution is 8.00. The van der Waals surface area contributed by atoms with Gasteiger partial charge in [-0.15, -0.1) is 0 Å². The molecule has 2 fully saturated rings. The molecule has 0 aliphatic carbocycles. The van der Waals surface area contributed by atoms with Gasteiger partial charge in [0.05, 0.1) is 12.1 Å². The van der Waals surface area contributed by atoms with Crippen LogP contribution >= 0.6 is 11.8 Å². The normalized spacial score (nSPS) is 28.4. The molecule has 21 heavy (non-hydrogen) atoms. The number of thioether (sulfide) groups is 1. The molecule has 0 bridgehead atoms. The first-order chi connectivity index (χ1) is 9.97. The number of aliphatic carboxylic acids is 1. The van der Waals surface area contributed by atoms with Crippen LogP contribution in [0.15, 0.2) is 0 Å². The maximum Gasteiger partial charge on any atom is 0.325 e. The SMILES string of the molecule is C[C@H](NC(=O)CCCC[C@@H]1SC[C@@H]2NC(=O)N[C@@H]21)C(=O)O. The minimum absolute atomic E-state index is 0.0858. The molecule has 4 N–H and O–H groups in total. The highest BCUT2D eigenvalue weighted by atomic mass is 32.2. The van der Waals surface area contributed by atoms with Crippen molar-refractivity contribution < 1.29 is 19.5 Å². The Morgan fingerprint density at radius 3 is 2.90 bits per heavy atom. The van der Waals surface area contributed by atoms with Crippen LogP contribution in [0.5, 0.6) is 0 Å². The molecule has 0 aromatic heterocycles. The summed E-state index contributed by atoms with van der Waals surface area (Å²) >= 11 is 1.85. The molecule has 118 valence electrons. The molecule has 2 rings (SSSR count). The summed E-state index contributed by atoms with van der Waals surface area (Å²) in [6.07, 6.45) is 2.92. The first kappa shape index (κ1) is 15.9. The molecular formula is C13H21N3O4S. The number of hydrogen-bond acceptors (Lipinski definition) is 4. The van der Waals surface area contributed by atoms with Gasteiger partial charge in [-0.3, -0.25) is 9.59 Å². The molecule has 2 aliphatic rings. The number of carboxylic acid groups (broad SMARTS) is 1. The molecule has 2 aliphatic heterocycles. The van der Waals surface area contributed by atoms with Crippen molar-refractivity contribution in [3.05, 3.63) is 0 Å². The number of urea groups is 1. The topological polar surface area (TPSA) is 108 Å². The second-order valence-corrected chi connectivity index (χ2v) is 6.77. The number of unbranched alkanes of at least 4 members (excludes halogenated alkanes) is 1. The van der Waals surface area contributed by atoms with Gasteiger partial charge in [-0.2, -0.15) is 11.8 Å². The van der Waals surface area contributed by atoms with Crippen molar-refractivity contribution >= 4 is 29.7 Å². The van der Waals surface area contributed by atoms with E-state index in [1.165, 1.54) is 6.92 Å². The van der Waals surface area contributed by atoms with Crippen LogP contribution in [0.3, 0.4) is 0 Å². The number of rotatable bonds is 7. The molecule has 8 heteroatoms. The van der Waals surface area contributed by atoms with E-state index in [9.17, 15) is 14.4 Å². The predicted octanol–water partition coefficient (Wildman–Crippen LogP) is 0.302. The Labute approximate surface area is 127 Å². The summed E-state index contributed by atoms with van der Waals surface area (Å²) in [6.45, 7) is 1.45. The second-order valence-electron chi connectivity index (χ2n) is 5.50.